The van der Waals surface area contributed by atoms with Gasteiger partial charge in [0.15, 0.2) is 11.5 Å². The van der Waals surface area contributed by atoms with Gasteiger partial charge in [-0.25, -0.2) is 4.98 Å². The average molecular weight is 247 g/mol. The number of oxazole rings is 1. The smallest absolute Gasteiger partial charge is 0.192 e. The van der Waals surface area contributed by atoms with E-state index in [2.05, 4.69) is 22.4 Å². The number of nitrogens with two attached hydrogens (primary N) is 1. The molecule has 0 atom stereocenters. The maximum Gasteiger partial charge on any atom is 0.192 e. The van der Waals surface area contributed by atoms with Gasteiger partial charge >= 0.3 is 0 Å². The summed E-state index contributed by atoms with van der Waals surface area (Å²) < 4.78 is 5.45. The highest BCUT2D eigenvalue weighted by molar-refractivity contribution is 5.73. The molecule has 3 N–H and O–H groups in total. The third kappa shape index (κ3) is 3.55. The first-order valence-corrected chi connectivity index (χ1v) is 6.30. The molecular formula is C14H21N3O. The molecule has 0 unspecified atom stereocenters. The molecule has 1 heterocycles. The van der Waals surface area contributed by atoms with E-state index in [9.17, 15) is 0 Å². The van der Waals surface area contributed by atoms with E-state index in [1.54, 1.807) is 0 Å². The van der Waals surface area contributed by atoms with Gasteiger partial charge in [0.25, 0.3) is 0 Å². The lowest BCUT2D eigenvalue weighted by molar-refractivity contribution is 0.469. The van der Waals surface area contributed by atoms with Gasteiger partial charge in [0, 0.05) is 19.0 Å². The number of benzene rings is 1. The van der Waals surface area contributed by atoms with Crippen LogP contribution in [0.2, 0.25) is 0 Å². The molecule has 0 bridgehead atoms. The van der Waals surface area contributed by atoms with E-state index in [1.807, 2.05) is 26.8 Å². The summed E-state index contributed by atoms with van der Waals surface area (Å²) in [6.45, 7) is 7.64. The summed E-state index contributed by atoms with van der Waals surface area (Å²) in [7, 11) is 0. The fraction of sp³-hybridized carbons (Fsp3) is 0.500. The van der Waals surface area contributed by atoms with E-state index < -0.39 is 0 Å². The molecule has 0 aliphatic rings. The maximum atomic E-state index is 5.91. The van der Waals surface area contributed by atoms with Crippen LogP contribution in [0.1, 0.15) is 25.3 Å². The lowest BCUT2D eigenvalue weighted by Gasteiger charge is -2.18. The standard InChI is InChI=1S/C14H21N3O/c1-10-17-12-8-11(4-5-13(12)18-10)6-7-16-9-14(2,3)15/h4-5,8,16H,6-7,9,15H2,1-3H3. The molecule has 0 fully saturated rings. The molecule has 2 aromatic rings. The molecule has 98 valence electrons. The van der Waals surface area contributed by atoms with Crippen molar-refractivity contribution in [3.8, 4) is 0 Å². The molecule has 0 saturated carbocycles. The fourth-order valence-electron chi connectivity index (χ4n) is 1.89. The number of nitrogens with one attached hydrogen (secondary N) is 1. The van der Waals surface area contributed by atoms with E-state index in [1.165, 1.54) is 5.56 Å². The van der Waals surface area contributed by atoms with Crippen molar-refractivity contribution in [2.45, 2.75) is 32.7 Å². The van der Waals surface area contributed by atoms with Crippen LogP contribution in [-0.4, -0.2) is 23.6 Å². The van der Waals surface area contributed by atoms with Crippen LogP contribution in [0.25, 0.3) is 11.1 Å². The van der Waals surface area contributed by atoms with E-state index in [4.69, 9.17) is 10.2 Å². The van der Waals surface area contributed by atoms with Crippen molar-refractivity contribution in [1.82, 2.24) is 10.3 Å². The van der Waals surface area contributed by atoms with Crippen LogP contribution >= 0.6 is 0 Å². The minimum atomic E-state index is -0.160. The number of hydrogen-bond acceptors (Lipinski definition) is 4. The second-order valence-electron chi connectivity index (χ2n) is 5.45. The topological polar surface area (TPSA) is 64.1 Å². The Hall–Kier alpha value is -1.39. The van der Waals surface area contributed by atoms with Gasteiger partial charge in [0.05, 0.1) is 0 Å². The van der Waals surface area contributed by atoms with Gasteiger partial charge in [0.2, 0.25) is 0 Å². The monoisotopic (exact) mass is 247 g/mol. The number of rotatable bonds is 5. The Morgan fingerprint density at radius 3 is 2.89 bits per heavy atom. The van der Waals surface area contributed by atoms with E-state index >= 15 is 0 Å². The molecule has 2 rings (SSSR count). The zero-order chi connectivity index (χ0) is 13.2. The average Bonchev–Trinajstić information content (AvgIpc) is 2.62. The number of nitrogens with zero attached hydrogens (tertiary/aromatic N) is 1. The van der Waals surface area contributed by atoms with Crippen molar-refractivity contribution in [2.24, 2.45) is 5.73 Å². The summed E-state index contributed by atoms with van der Waals surface area (Å²) in [4.78, 5) is 4.33. The van der Waals surface area contributed by atoms with Gasteiger partial charge in [-0.1, -0.05) is 6.07 Å². The summed E-state index contributed by atoms with van der Waals surface area (Å²) in [5.41, 5.74) is 8.80. The number of aryl methyl sites for hydroxylation is 1. The summed E-state index contributed by atoms with van der Waals surface area (Å²) in [6.07, 6.45) is 0.970. The first-order chi connectivity index (χ1) is 8.44. The minimum Gasteiger partial charge on any atom is -0.441 e. The number of fused-ring (bicyclic) bond motifs is 1. The molecule has 0 radical (unpaired) electrons. The van der Waals surface area contributed by atoms with Gasteiger partial charge in [-0.2, -0.15) is 0 Å². The number of aromatic nitrogens is 1. The first kappa shape index (κ1) is 13.1. The molecule has 0 aliphatic heterocycles. The van der Waals surface area contributed by atoms with Crippen molar-refractivity contribution in [3.63, 3.8) is 0 Å². The Labute approximate surface area is 108 Å². The van der Waals surface area contributed by atoms with Crippen LogP contribution in [0.3, 0.4) is 0 Å². The van der Waals surface area contributed by atoms with Gasteiger partial charge < -0.3 is 15.5 Å². The zero-order valence-electron chi connectivity index (χ0n) is 11.3. The summed E-state index contributed by atoms with van der Waals surface area (Å²) in [6, 6.07) is 6.15. The van der Waals surface area contributed by atoms with Gasteiger partial charge in [-0.05, 0) is 44.5 Å². The molecule has 18 heavy (non-hydrogen) atoms. The van der Waals surface area contributed by atoms with E-state index in [0.717, 1.165) is 30.6 Å². The third-order valence-corrected chi connectivity index (χ3v) is 2.73. The molecule has 0 aliphatic carbocycles. The van der Waals surface area contributed by atoms with Crippen LogP contribution in [-0.2, 0) is 6.42 Å². The first-order valence-electron chi connectivity index (χ1n) is 6.30. The minimum absolute atomic E-state index is 0.160. The molecule has 0 amide bonds. The van der Waals surface area contributed by atoms with Gasteiger partial charge in [-0.3, -0.25) is 0 Å². The highest BCUT2D eigenvalue weighted by Gasteiger charge is 2.09. The van der Waals surface area contributed by atoms with Crippen molar-refractivity contribution in [2.75, 3.05) is 13.1 Å². The molecular weight excluding hydrogens is 226 g/mol. The Morgan fingerprint density at radius 1 is 1.39 bits per heavy atom. The lowest BCUT2D eigenvalue weighted by atomic mass is 10.1. The Kier molecular flexibility index (Phi) is 3.68. The Bertz CT molecular complexity index is 525. The van der Waals surface area contributed by atoms with Crippen LogP contribution in [0.15, 0.2) is 22.6 Å². The van der Waals surface area contributed by atoms with Gasteiger partial charge in [-0.15, -0.1) is 0 Å². The second-order valence-corrected chi connectivity index (χ2v) is 5.45. The molecule has 0 spiro atoms. The van der Waals surface area contributed by atoms with Crippen molar-refractivity contribution >= 4 is 11.1 Å². The summed E-state index contributed by atoms with van der Waals surface area (Å²) in [5, 5.41) is 3.36. The van der Waals surface area contributed by atoms with Gasteiger partial charge in [0.1, 0.15) is 5.52 Å². The van der Waals surface area contributed by atoms with Crippen LogP contribution in [0.5, 0.6) is 0 Å². The highest BCUT2D eigenvalue weighted by Crippen LogP contribution is 2.16. The third-order valence-electron chi connectivity index (χ3n) is 2.73. The molecule has 4 heteroatoms. The molecule has 4 nitrogen and oxygen atoms in total. The lowest BCUT2D eigenvalue weighted by Crippen LogP contribution is -2.43. The predicted molar refractivity (Wildman–Crippen MR) is 73.6 cm³/mol. The van der Waals surface area contributed by atoms with Crippen LogP contribution in [0.4, 0.5) is 0 Å². The molecule has 0 saturated heterocycles. The largest absolute Gasteiger partial charge is 0.441 e. The predicted octanol–water partition coefficient (Wildman–Crippen LogP) is 2.01. The number of hydrogen-bond donors (Lipinski definition) is 2. The Balaban J connectivity index is 1.91. The fourth-order valence-corrected chi connectivity index (χ4v) is 1.89. The van der Waals surface area contributed by atoms with Crippen molar-refractivity contribution < 1.29 is 4.42 Å². The maximum absolute atomic E-state index is 5.91. The van der Waals surface area contributed by atoms with Crippen molar-refractivity contribution in [3.05, 3.63) is 29.7 Å². The zero-order valence-corrected chi connectivity index (χ0v) is 11.3. The summed E-state index contributed by atoms with van der Waals surface area (Å²) >= 11 is 0. The normalized spacial score (nSPS) is 12.2. The van der Waals surface area contributed by atoms with E-state index in [0.29, 0.717) is 5.89 Å². The quantitative estimate of drug-likeness (QED) is 0.793. The second kappa shape index (κ2) is 5.08. The highest BCUT2D eigenvalue weighted by atomic mass is 16.3. The van der Waals surface area contributed by atoms with E-state index in [-0.39, 0.29) is 5.54 Å². The Morgan fingerprint density at radius 2 is 2.17 bits per heavy atom. The molecule has 1 aromatic carbocycles. The van der Waals surface area contributed by atoms with Crippen molar-refractivity contribution in [1.29, 1.82) is 0 Å². The summed E-state index contributed by atoms with van der Waals surface area (Å²) in [5.74, 6) is 0.713. The molecule has 1 aromatic heterocycles. The van der Waals surface area contributed by atoms with Crippen LogP contribution < -0.4 is 11.1 Å². The van der Waals surface area contributed by atoms with Crippen LogP contribution in [0, 0.1) is 6.92 Å². The SMILES string of the molecule is Cc1nc2cc(CCNCC(C)(C)N)ccc2o1.